The highest BCUT2D eigenvalue weighted by Crippen LogP contribution is 2.18. The van der Waals surface area contributed by atoms with Crippen LogP contribution in [0.25, 0.3) is 0 Å². The summed E-state index contributed by atoms with van der Waals surface area (Å²) in [6.07, 6.45) is 2.52. The average Bonchev–Trinajstić information content (AvgIpc) is 2.39. The molecular weight excluding hydrogens is 230 g/mol. The minimum Gasteiger partial charge on any atom is -0.373 e. The van der Waals surface area contributed by atoms with Crippen LogP contribution in [0.1, 0.15) is 19.8 Å². The summed E-state index contributed by atoms with van der Waals surface area (Å²) >= 11 is 0. The second kappa shape index (κ2) is 6.38. The predicted octanol–water partition coefficient (Wildman–Crippen LogP) is 0.758. The molecule has 2 atom stereocenters. The van der Waals surface area contributed by atoms with Crippen molar-refractivity contribution < 1.29 is 9.53 Å². The highest BCUT2D eigenvalue weighted by atomic mass is 16.5. The lowest BCUT2D eigenvalue weighted by atomic mass is 10.0. The molecule has 2 aliphatic heterocycles. The molecule has 2 aliphatic rings. The van der Waals surface area contributed by atoms with Crippen LogP contribution in [0.5, 0.6) is 0 Å². The number of amides is 2. The lowest BCUT2D eigenvalue weighted by molar-refractivity contribution is -0.0185. The van der Waals surface area contributed by atoms with Gasteiger partial charge >= 0.3 is 6.03 Å². The Morgan fingerprint density at radius 1 is 1.33 bits per heavy atom. The van der Waals surface area contributed by atoms with Crippen LogP contribution >= 0.6 is 0 Å². The zero-order valence-corrected chi connectivity index (χ0v) is 11.5. The summed E-state index contributed by atoms with van der Waals surface area (Å²) in [6.45, 7) is 6.95. The zero-order chi connectivity index (χ0) is 13.0. The molecule has 0 spiro atoms. The quantitative estimate of drug-likeness (QED) is 0.792. The van der Waals surface area contributed by atoms with Gasteiger partial charge in [-0.3, -0.25) is 0 Å². The van der Waals surface area contributed by atoms with E-state index in [1.807, 2.05) is 16.8 Å². The third-order valence-electron chi connectivity index (χ3n) is 3.77. The van der Waals surface area contributed by atoms with Gasteiger partial charge in [-0.2, -0.15) is 0 Å². The number of likely N-dealkylation sites (tertiary alicyclic amines) is 1. The Bertz CT molecular complexity index is 283. The van der Waals surface area contributed by atoms with Crippen LogP contribution in [-0.4, -0.2) is 68.3 Å². The van der Waals surface area contributed by atoms with Crippen LogP contribution in [-0.2, 0) is 4.74 Å². The third kappa shape index (κ3) is 3.36. The number of morpholine rings is 1. The van der Waals surface area contributed by atoms with Crippen molar-refractivity contribution in [3.63, 3.8) is 0 Å². The van der Waals surface area contributed by atoms with Crippen LogP contribution in [0.2, 0.25) is 0 Å². The average molecular weight is 255 g/mol. The first-order chi connectivity index (χ1) is 8.70. The van der Waals surface area contributed by atoms with Gasteiger partial charge in [-0.1, -0.05) is 6.92 Å². The Morgan fingerprint density at radius 3 is 2.83 bits per heavy atom. The smallest absolute Gasteiger partial charge is 0.320 e. The van der Waals surface area contributed by atoms with Gasteiger partial charge in [0, 0.05) is 32.7 Å². The number of hydrogen-bond acceptors (Lipinski definition) is 3. The standard InChI is InChI=1S/C13H25N3O2/c1-11-4-3-5-15(9-11)13(17)16-6-7-18-12(10-16)8-14-2/h11-12,14H,3-10H2,1-2H3. The highest BCUT2D eigenvalue weighted by molar-refractivity contribution is 5.74. The van der Waals surface area contributed by atoms with Crippen LogP contribution in [0.3, 0.4) is 0 Å². The Hall–Kier alpha value is -0.810. The minimum atomic E-state index is 0.134. The van der Waals surface area contributed by atoms with E-state index in [-0.39, 0.29) is 12.1 Å². The van der Waals surface area contributed by atoms with Gasteiger partial charge in [0.05, 0.1) is 12.7 Å². The summed E-state index contributed by atoms with van der Waals surface area (Å²) in [6, 6.07) is 0.200. The maximum atomic E-state index is 12.4. The summed E-state index contributed by atoms with van der Waals surface area (Å²) in [4.78, 5) is 16.4. The van der Waals surface area contributed by atoms with Gasteiger partial charge in [-0.05, 0) is 25.8 Å². The molecule has 2 heterocycles. The molecule has 0 aliphatic carbocycles. The third-order valence-corrected chi connectivity index (χ3v) is 3.77. The molecular formula is C13H25N3O2. The van der Waals surface area contributed by atoms with Crippen LogP contribution in [0.15, 0.2) is 0 Å². The molecule has 0 bridgehead atoms. The van der Waals surface area contributed by atoms with E-state index in [9.17, 15) is 4.79 Å². The van der Waals surface area contributed by atoms with Crippen molar-refractivity contribution in [3.05, 3.63) is 0 Å². The Labute approximate surface area is 109 Å². The number of piperidine rings is 1. The number of ether oxygens (including phenoxy) is 1. The van der Waals surface area contributed by atoms with E-state index in [4.69, 9.17) is 4.74 Å². The number of nitrogens with zero attached hydrogens (tertiary/aromatic N) is 2. The summed E-state index contributed by atoms with van der Waals surface area (Å²) in [5.41, 5.74) is 0. The second-order valence-electron chi connectivity index (χ2n) is 5.47. The molecule has 18 heavy (non-hydrogen) atoms. The molecule has 2 fully saturated rings. The maximum absolute atomic E-state index is 12.4. The number of rotatable bonds is 2. The molecule has 0 radical (unpaired) electrons. The molecule has 104 valence electrons. The lowest BCUT2D eigenvalue weighted by Crippen LogP contribution is -2.54. The molecule has 0 aromatic carbocycles. The normalized spacial score (nSPS) is 29.4. The Kier molecular flexibility index (Phi) is 4.83. The van der Waals surface area contributed by atoms with Gasteiger partial charge < -0.3 is 19.9 Å². The van der Waals surface area contributed by atoms with Gasteiger partial charge in [-0.25, -0.2) is 4.79 Å². The fourth-order valence-corrected chi connectivity index (χ4v) is 2.81. The van der Waals surface area contributed by atoms with E-state index < -0.39 is 0 Å². The number of carbonyl (C=O) groups excluding carboxylic acids is 1. The fraction of sp³-hybridized carbons (Fsp3) is 0.923. The SMILES string of the molecule is CNCC1CN(C(=O)N2CCCC(C)C2)CCO1. The van der Waals surface area contributed by atoms with Crippen molar-refractivity contribution in [2.75, 3.05) is 46.4 Å². The number of urea groups is 1. The Morgan fingerprint density at radius 2 is 2.11 bits per heavy atom. The predicted molar refractivity (Wildman–Crippen MR) is 70.6 cm³/mol. The largest absolute Gasteiger partial charge is 0.373 e. The number of hydrogen-bond donors (Lipinski definition) is 1. The van der Waals surface area contributed by atoms with Crippen molar-refractivity contribution in [2.24, 2.45) is 5.92 Å². The summed E-state index contributed by atoms with van der Waals surface area (Å²) < 4.78 is 5.63. The van der Waals surface area contributed by atoms with Crippen LogP contribution < -0.4 is 5.32 Å². The highest BCUT2D eigenvalue weighted by Gasteiger charge is 2.29. The number of carbonyl (C=O) groups is 1. The van der Waals surface area contributed by atoms with Crippen LogP contribution in [0.4, 0.5) is 4.79 Å². The van der Waals surface area contributed by atoms with Gasteiger partial charge in [0.25, 0.3) is 0 Å². The second-order valence-corrected chi connectivity index (χ2v) is 5.47. The maximum Gasteiger partial charge on any atom is 0.320 e. The first kappa shape index (κ1) is 13.6. The van der Waals surface area contributed by atoms with E-state index in [0.29, 0.717) is 19.1 Å². The van der Waals surface area contributed by atoms with Crippen molar-refractivity contribution >= 4 is 6.03 Å². The Balaban J connectivity index is 1.87. The zero-order valence-electron chi connectivity index (χ0n) is 11.5. The molecule has 5 nitrogen and oxygen atoms in total. The van der Waals surface area contributed by atoms with E-state index in [0.717, 1.165) is 32.6 Å². The van der Waals surface area contributed by atoms with Crippen LogP contribution in [0, 0.1) is 5.92 Å². The molecule has 2 amide bonds. The fourth-order valence-electron chi connectivity index (χ4n) is 2.81. The van der Waals surface area contributed by atoms with Crippen molar-refractivity contribution in [1.82, 2.24) is 15.1 Å². The minimum absolute atomic E-state index is 0.134. The van der Waals surface area contributed by atoms with Crippen molar-refractivity contribution in [3.8, 4) is 0 Å². The van der Waals surface area contributed by atoms with Crippen molar-refractivity contribution in [2.45, 2.75) is 25.9 Å². The molecule has 0 aromatic heterocycles. The molecule has 0 aromatic rings. The first-order valence-corrected chi connectivity index (χ1v) is 7.00. The van der Waals surface area contributed by atoms with Crippen molar-refractivity contribution in [1.29, 1.82) is 0 Å². The van der Waals surface area contributed by atoms with E-state index >= 15 is 0 Å². The number of likely N-dealkylation sites (N-methyl/N-ethyl adjacent to an activating group) is 1. The molecule has 2 saturated heterocycles. The van der Waals surface area contributed by atoms with Gasteiger partial charge in [0.1, 0.15) is 0 Å². The van der Waals surface area contributed by atoms with E-state index in [2.05, 4.69) is 12.2 Å². The summed E-state index contributed by atoms with van der Waals surface area (Å²) in [5, 5.41) is 3.11. The lowest BCUT2D eigenvalue weighted by Gasteiger charge is -2.39. The molecule has 5 heteroatoms. The molecule has 1 N–H and O–H groups in total. The molecule has 0 saturated carbocycles. The molecule has 2 unspecified atom stereocenters. The van der Waals surface area contributed by atoms with Gasteiger partial charge in [0.15, 0.2) is 0 Å². The van der Waals surface area contributed by atoms with Gasteiger partial charge in [-0.15, -0.1) is 0 Å². The molecule has 2 rings (SSSR count). The summed E-state index contributed by atoms with van der Waals surface area (Å²) in [7, 11) is 1.91. The number of nitrogens with one attached hydrogen (secondary N) is 1. The topological polar surface area (TPSA) is 44.8 Å². The van der Waals surface area contributed by atoms with Gasteiger partial charge in [0.2, 0.25) is 0 Å². The summed E-state index contributed by atoms with van der Waals surface area (Å²) in [5.74, 6) is 0.636. The van der Waals surface area contributed by atoms with E-state index in [1.54, 1.807) is 0 Å². The first-order valence-electron chi connectivity index (χ1n) is 7.00. The monoisotopic (exact) mass is 255 g/mol. The van der Waals surface area contributed by atoms with E-state index in [1.165, 1.54) is 6.42 Å².